The third-order valence-electron chi connectivity index (χ3n) is 4.38. The van der Waals surface area contributed by atoms with Crippen LogP contribution in [0.3, 0.4) is 0 Å². The summed E-state index contributed by atoms with van der Waals surface area (Å²) in [6.07, 6.45) is 4.19. The molecule has 1 aromatic rings. The average Bonchev–Trinajstić information content (AvgIpc) is 2.20. The van der Waals surface area contributed by atoms with E-state index in [0.29, 0.717) is 11.3 Å². The molecule has 2 fully saturated rings. The summed E-state index contributed by atoms with van der Waals surface area (Å²) in [5, 5.41) is 3.29. The van der Waals surface area contributed by atoms with Crippen LogP contribution in [-0.2, 0) is 16.3 Å². The number of hydrogen-bond donors (Lipinski definition) is 1. The van der Waals surface area contributed by atoms with Gasteiger partial charge >= 0.3 is 0 Å². The summed E-state index contributed by atoms with van der Waals surface area (Å²) in [5.41, 5.74) is 1.24. The van der Waals surface area contributed by atoms with Crippen molar-refractivity contribution in [2.45, 2.75) is 24.2 Å². The molecule has 1 saturated heterocycles. The molecule has 0 aromatic heterocycles. The van der Waals surface area contributed by atoms with Crippen molar-refractivity contribution in [1.29, 1.82) is 0 Å². The Hall–Kier alpha value is -0.940. The first-order valence-corrected chi connectivity index (χ1v) is 8.46. The van der Waals surface area contributed by atoms with Crippen LogP contribution in [0, 0.1) is 17.2 Å². The van der Waals surface area contributed by atoms with Gasteiger partial charge in [-0.15, -0.1) is 0 Å². The van der Waals surface area contributed by atoms with E-state index in [1.54, 1.807) is 6.07 Å². The molecule has 3 rings (SSSR count). The van der Waals surface area contributed by atoms with Crippen molar-refractivity contribution in [3.63, 3.8) is 0 Å². The van der Waals surface area contributed by atoms with Crippen molar-refractivity contribution in [2.75, 3.05) is 19.3 Å². The van der Waals surface area contributed by atoms with Crippen LogP contribution in [0.2, 0.25) is 0 Å². The Balaban J connectivity index is 1.78. The molecule has 0 radical (unpaired) electrons. The first kappa shape index (κ1) is 13.1. The van der Waals surface area contributed by atoms with E-state index in [2.05, 4.69) is 5.32 Å². The Morgan fingerprint density at radius 2 is 2.05 bits per heavy atom. The molecule has 3 nitrogen and oxygen atoms in total. The van der Waals surface area contributed by atoms with Crippen LogP contribution >= 0.6 is 0 Å². The van der Waals surface area contributed by atoms with Crippen molar-refractivity contribution in [3.8, 4) is 0 Å². The van der Waals surface area contributed by atoms with Gasteiger partial charge < -0.3 is 5.32 Å². The zero-order valence-electron chi connectivity index (χ0n) is 10.9. The van der Waals surface area contributed by atoms with E-state index in [1.807, 2.05) is 0 Å². The fourth-order valence-electron chi connectivity index (χ4n) is 3.43. The summed E-state index contributed by atoms with van der Waals surface area (Å²) >= 11 is 0. The first-order chi connectivity index (χ1) is 8.88. The maximum absolute atomic E-state index is 13.2. The molecule has 1 spiro atoms. The van der Waals surface area contributed by atoms with Crippen LogP contribution in [0.5, 0.6) is 0 Å². The van der Waals surface area contributed by atoms with E-state index in [9.17, 15) is 12.8 Å². The molecule has 0 amide bonds. The van der Waals surface area contributed by atoms with Gasteiger partial charge in [-0.25, -0.2) is 12.8 Å². The highest BCUT2D eigenvalue weighted by atomic mass is 32.2. The van der Waals surface area contributed by atoms with Crippen LogP contribution in [0.15, 0.2) is 23.1 Å². The molecule has 19 heavy (non-hydrogen) atoms. The van der Waals surface area contributed by atoms with Gasteiger partial charge in [0.2, 0.25) is 0 Å². The molecule has 0 atom stereocenters. The van der Waals surface area contributed by atoms with E-state index in [1.165, 1.54) is 6.07 Å². The molecule has 5 heteroatoms. The molecule has 1 aromatic carbocycles. The van der Waals surface area contributed by atoms with Crippen LogP contribution < -0.4 is 5.32 Å². The van der Waals surface area contributed by atoms with Gasteiger partial charge in [-0.05, 0) is 48.3 Å². The molecule has 1 N–H and O–H groups in total. The summed E-state index contributed by atoms with van der Waals surface area (Å²) in [6, 6.07) is 4.11. The van der Waals surface area contributed by atoms with Crippen LogP contribution in [-0.4, -0.2) is 27.8 Å². The molecular formula is C14H18FNO2S. The van der Waals surface area contributed by atoms with E-state index in [0.717, 1.165) is 50.2 Å². The highest BCUT2D eigenvalue weighted by Gasteiger charge is 2.48. The smallest absolute Gasteiger partial charge is 0.175 e. The largest absolute Gasteiger partial charge is 0.316 e. The fourth-order valence-corrected chi connectivity index (χ4v) is 4.38. The molecule has 1 saturated carbocycles. The normalized spacial score (nSPS) is 22.0. The molecular weight excluding hydrogens is 265 g/mol. The Labute approximate surface area is 113 Å². The zero-order chi connectivity index (χ0) is 13.7. The Morgan fingerprint density at radius 3 is 2.58 bits per heavy atom. The lowest BCUT2D eigenvalue weighted by molar-refractivity contribution is 0.000630. The van der Waals surface area contributed by atoms with Crippen LogP contribution in [0.1, 0.15) is 18.4 Å². The number of benzene rings is 1. The molecule has 1 aliphatic heterocycles. The third-order valence-corrected chi connectivity index (χ3v) is 5.56. The van der Waals surface area contributed by atoms with Gasteiger partial charge in [0.05, 0.1) is 4.90 Å². The lowest BCUT2D eigenvalue weighted by Crippen LogP contribution is -2.60. The standard InChI is InChI=1S/C14H18FNO2S/c1-19(17,18)13-5-12(15)3-2-11(13)4-10-6-14(7-10)8-16-9-14/h2-3,5,10,16H,4,6-9H2,1H3. The number of rotatable bonds is 3. The summed E-state index contributed by atoms with van der Waals surface area (Å²) < 4.78 is 36.6. The predicted octanol–water partition coefficient (Wildman–Crippen LogP) is 1.77. The maximum atomic E-state index is 13.2. The van der Waals surface area contributed by atoms with Crippen molar-refractivity contribution in [1.82, 2.24) is 5.32 Å². The first-order valence-electron chi connectivity index (χ1n) is 6.57. The summed E-state index contributed by atoms with van der Waals surface area (Å²) in [5.74, 6) is 0.0468. The Kier molecular flexibility index (Phi) is 2.94. The number of hydrogen-bond acceptors (Lipinski definition) is 3. The van der Waals surface area contributed by atoms with Crippen LogP contribution in [0.4, 0.5) is 4.39 Å². The molecule has 2 aliphatic rings. The summed E-state index contributed by atoms with van der Waals surface area (Å²) in [6.45, 7) is 2.18. The monoisotopic (exact) mass is 283 g/mol. The number of sulfone groups is 1. The molecule has 1 aliphatic carbocycles. The lowest BCUT2D eigenvalue weighted by atomic mass is 9.57. The fraction of sp³-hybridized carbons (Fsp3) is 0.571. The summed E-state index contributed by atoms with van der Waals surface area (Å²) in [4.78, 5) is 0.153. The second-order valence-electron chi connectivity index (χ2n) is 6.11. The lowest BCUT2D eigenvalue weighted by Gasteiger charge is -2.54. The number of halogens is 1. The minimum Gasteiger partial charge on any atom is -0.316 e. The topological polar surface area (TPSA) is 46.2 Å². The van der Waals surface area contributed by atoms with Gasteiger partial charge in [-0.3, -0.25) is 0 Å². The van der Waals surface area contributed by atoms with Gasteiger partial charge in [-0.1, -0.05) is 6.07 Å². The zero-order valence-corrected chi connectivity index (χ0v) is 11.8. The van der Waals surface area contributed by atoms with Crippen molar-refractivity contribution >= 4 is 9.84 Å². The van der Waals surface area contributed by atoms with Crippen molar-refractivity contribution < 1.29 is 12.8 Å². The van der Waals surface area contributed by atoms with Gasteiger partial charge in [0.15, 0.2) is 9.84 Å². The predicted molar refractivity (Wildman–Crippen MR) is 71.2 cm³/mol. The third kappa shape index (κ3) is 2.41. The molecule has 0 bridgehead atoms. The molecule has 104 valence electrons. The van der Waals surface area contributed by atoms with Gasteiger partial charge in [0.1, 0.15) is 5.82 Å². The highest BCUT2D eigenvalue weighted by molar-refractivity contribution is 7.90. The Morgan fingerprint density at radius 1 is 1.37 bits per heavy atom. The quantitative estimate of drug-likeness (QED) is 0.919. The molecule has 1 heterocycles. The average molecular weight is 283 g/mol. The van der Waals surface area contributed by atoms with Crippen molar-refractivity contribution in [2.24, 2.45) is 11.3 Å². The van der Waals surface area contributed by atoms with Gasteiger partial charge in [-0.2, -0.15) is 0 Å². The van der Waals surface area contributed by atoms with E-state index >= 15 is 0 Å². The van der Waals surface area contributed by atoms with E-state index in [-0.39, 0.29) is 4.90 Å². The minimum atomic E-state index is -3.36. The minimum absolute atomic E-state index is 0.153. The van der Waals surface area contributed by atoms with Gasteiger partial charge in [0, 0.05) is 19.3 Å². The maximum Gasteiger partial charge on any atom is 0.175 e. The van der Waals surface area contributed by atoms with Crippen LogP contribution in [0.25, 0.3) is 0 Å². The second kappa shape index (κ2) is 4.28. The summed E-state index contributed by atoms with van der Waals surface area (Å²) in [7, 11) is -3.36. The Bertz CT molecular complexity index is 600. The van der Waals surface area contributed by atoms with Gasteiger partial charge in [0.25, 0.3) is 0 Å². The van der Waals surface area contributed by atoms with E-state index in [4.69, 9.17) is 0 Å². The SMILES string of the molecule is CS(=O)(=O)c1cc(F)ccc1CC1CC2(CNC2)C1. The second-order valence-corrected chi connectivity index (χ2v) is 8.09. The highest BCUT2D eigenvalue weighted by Crippen LogP contribution is 2.49. The van der Waals surface area contributed by atoms with E-state index < -0.39 is 15.7 Å². The van der Waals surface area contributed by atoms with Crippen molar-refractivity contribution in [3.05, 3.63) is 29.6 Å². The number of nitrogens with one attached hydrogen (secondary N) is 1. The molecule has 0 unspecified atom stereocenters.